The number of piperidine rings is 1. The standard InChI is InChI=1S/C33H38ClN3O5/c1-35-20-22-8-10-24(11-9-22)31(38)37-17-3-5-26(21-37)33(41,15-4-16-36-32(39)40)27-6-2-7-28(34)30(27)25-13-12-23-14-18-42-29(23)19-25/h2,6-13,19,26,35-36,41H,3-5,14-18,20-21H2,1H3,(H,39,40)/t26-,33+/m1/s1. The first-order valence-electron chi connectivity index (χ1n) is 14.6. The quantitative estimate of drug-likeness (QED) is 0.233. The molecule has 2 aliphatic rings. The molecule has 5 rings (SSSR count). The Bertz CT molecular complexity index is 1430. The Kier molecular flexibility index (Phi) is 9.36. The molecule has 9 heteroatoms. The second-order valence-corrected chi connectivity index (χ2v) is 11.6. The third-order valence-corrected chi connectivity index (χ3v) is 8.76. The molecule has 3 aromatic rings. The lowest BCUT2D eigenvalue weighted by molar-refractivity contribution is -0.0563. The smallest absolute Gasteiger partial charge is 0.404 e. The molecule has 2 heterocycles. The highest BCUT2D eigenvalue weighted by molar-refractivity contribution is 6.33. The lowest BCUT2D eigenvalue weighted by Gasteiger charge is -2.44. The van der Waals surface area contributed by atoms with Gasteiger partial charge in [0.2, 0.25) is 0 Å². The predicted octanol–water partition coefficient (Wildman–Crippen LogP) is 5.45. The van der Waals surface area contributed by atoms with Crippen molar-refractivity contribution in [1.29, 1.82) is 0 Å². The minimum atomic E-state index is -1.37. The molecule has 0 aromatic heterocycles. The number of halogens is 1. The first-order valence-corrected chi connectivity index (χ1v) is 14.9. The molecule has 2 amide bonds. The van der Waals surface area contributed by atoms with Gasteiger partial charge in [0, 0.05) is 54.7 Å². The van der Waals surface area contributed by atoms with Crippen molar-refractivity contribution < 1.29 is 24.5 Å². The van der Waals surface area contributed by atoms with Crippen LogP contribution in [0.1, 0.15) is 52.7 Å². The topological polar surface area (TPSA) is 111 Å². The van der Waals surface area contributed by atoms with Gasteiger partial charge in [-0.25, -0.2) is 4.79 Å². The van der Waals surface area contributed by atoms with Crippen molar-refractivity contribution in [2.45, 2.75) is 44.2 Å². The summed E-state index contributed by atoms with van der Waals surface area (Å²) in [5.74, 6) is 0.474. The number of carboxylic acid groups (broad SMARTS) is 1. The van der Waals surface area contributed by atoms with Crippen LogP contribution in [0.4, 0.5) is 4.79 Å². The maximum Gasteiger partial charge on any atom is 0.404 e. The van der Waals surface area contributed by atoms with E-state index in [0.29, 0.717) is 55.1 Å². The summed E-state index contributed by atoms with van der Waals surface area (Å²) in [6.07, 6.45) is 1.93. The Labute approximate surface area is 251 Å². The molecule has 0 saturated carbocycles. The van der Waals surface area contributed by atoms with E-state index in [-0.39, 0.29) is 18.4 Å². The highest BCUT2D eigenvalue weighted by atomic mass is 35.5. The van der Waals surface area contributed by atoms with Crippen molar-refractivity contribution in [1.82, 2.24) is 15.5 Å². The van der Waals surface area contributed by atoms with Crippen LogP contribution in [0.2, 0.25) is 5.02 Å². The molecule has 222 valence electrons. The molecular formula is C33H38ClN3O5. The van der Waals surface area contributed by atoms with Gasteiger partial charge in [0.05, 0.1) is 12.2 Å². The summed E-state index contributed by atoms with van der Waals surface area (Å²) in [6.45, 7) is 2.55. The number of rotatable bonds is 10. The van der Waals surface area contributed by atoms with Crippen LogP contribution >= 0.6 is 11.6 Å². The number of nitrogens with zero attached hydrogens (tertiary/aromatic N) is 1. The van der Waals surface area contributed by atoms with Crippen molar-refractivity contribution in [3.63, 3.8) is 0 Å². The number of nitrogens with one attached hydrogen (secondary N) is 2. The van der Waals surface area contributed by atoms with E-state index in [4.69, 9.17) is 21.4 Å². The summed E-state index contributed by atoms with van der Waals surface area (Å²) in [7, 11) is 1.88. The second kappa shape index (κ2) is 13.2. The molecule has 2 aliphatic heterocycles. The van der Waals surface area contributed by atoms with Crippen molar-refractivity contribution in [2.24, 2.45) is 5.92 Å². The first kappa shape index (κ1) is 29.9. The van der Waals surface area contributed by atoms with E-state index in [9.17, 15) is 14.7 Å². The monoisotopic (exact) mass is 591 g/mol. The summed E-state index contributed by atoms with van der Waals surface area (Å²) in [5.41, 5.74) is 3.75. The summed E-state index contributed by atoms with van der Waals surface area (Å²) < 4.78 is 5.83. The Morgan fingerprint density at radius 1 is 1.14 bits per heavy atom. The van der Waals surface area contributed by atoms with Gasteiger partial charge in [0.25, 0.3) is 5.91 Å². The van der Waals surface area contributed by atoms with Crippen LogP contribution in [-0.4, -0.2) is 60.4 Å². The number of carbonyl (C=O) groups excluding carboxylic acids is 1. The lowest BCUT2D eigenvalue weighted by Crippen LogP contribution is -2.48. The van der Waals surface area contributed by atoms with E-state index in [1.165, 1.54) is 0 Å². The summed E-state index contributed by atoms with van der Waals surface area (Å²) >= 11 is 6.85. The number of hydrogen-bond donors (Lipinski definition) is 4. The number of hydrogen-bond acceptors (Lipinski definition) is 5. The maximum atomic E-state index is 13.6. The molecule has 0 unspecified atom stereocenters. The Hall–Kier alpha value is -3.59. The lowest BCUT2D eigenvalue weighted by atomic mass is 9.72. The molecular weight excluding hydrogens is 554 g/mol. The van der Waals surface area contributed by atoms with Crippen molar-refractivity contribution in [2.75, 3.05) is 33.3 Å². The maximum absolute atomic E-state index is 13.6. The van der Waals surface area contributed by atoms with Gasteiger partial charge in [-0.2, -0.15) is 0 Å². The SMILES string of the molecule is CNCc1ccc(C(=O)N2CCC[C@@H]([C@@](O)(CCCNC(=O)O)c3cccc(Cl)c3-c3ccc4c(c3)OCC4)C2)cc1. The number of carbonyl (C=O) groups is 2. The molecule has 42 heavy (non-hydrogen) atoms. The highest BCUT2D eigenvalue weighted by Crippen LogP contribution is 2.46. The van der Waals surface area contributed by atoms with Gasteiger partial charge in [0.1, 0.15) is 5.75 Å². The molecule has 1 saturated heterocycles. The predicted molar refractivity (Wildman–Crippen MR) is 163 cm³/mol. The molecule has 2 atom stereocenters. The van der Waals surface area contributed by atoms with E-state index in [2.05, 4.69) is 10.6 Å². The van der Waals surface area contributed by atoms with Gasteiger partial charge in [-0.05, 0) is 79.3 Å². The normalized spacial score (nSPS) is 17.7. The number of aliphatic hydroxyl groups is 1. The van der Waals surface area contributed by atoms with Crippen LogP contribution in [0.3, 0.4) is 0 Å². The van der Waals surface area contributed by atoms with Gasteiger partial charge in [0.15, 0.2) is 0 Å². The Balaban J connectivity index is 1.48. The first-order chi connectivity index (χ1) is 20.3. The molecule has 4 N–H and O–H groups in total. The van der Waals surface area contributed by atoms with Crippen LogP contribution in [0.15, 0.2) is 60.7 Å². The third kappa shape index (κ3) is 6.41. The van der Waals surface area contributed by atoms with Crippen molar-refractivity contribution >= 4 is 23.6 Å². The van der Waals surface area contributed by atoms with Crippen molar-refractivity contribution in [3.05, 3.63) is 87.9 Å². The summed E-state index contributed by atoms with van der Waals surface area (Å²) in [6, 6.07) is 19.2. The minimum Gasteiger partial charge on any atom is -0.493 e. The van der Waals surface area contributed by atoms with Gasteiger partial charge in [-0.3, -0.25) is 4.79 Å². The number of likely N-dealkylation sites (tertiary alicyclic amines) is 1. The fraction of sp³-hybridized carbons (Fsp3) is 0.394. The number of amides is 2. The summed E-state index contributed by atoms with van der Waals surface area (Å²) in [5, 5.41) is 27.8. The van der Waals surface area contributed by atoms with Crippen LogP contribution in [0.25, 0.3) is 11.1 Å². The van der Waals surface area contributed by atoms with E-state index in [1.54, 1.807) is 0 Å². The van der Waals surface area contributed by atoms with E-state index >= 15 is 0 Å². The Morgan fingerprint density at radius 2 is 1.95 bits per heavy atom. The third-order valence-electron chi connectivity index (χ3n) is 8.44. The molecule has 0 spiro atoms. The van der Waals surface area contributed by atoms with Gasteiger partial charge in [-0.15, -0.1) is 0 Å². The zero-order valence-electron chi connectivity index (χ0n) is 23.9. The van der Waals surface area contributed by atoms with Gasteiger partial charge in [-0.1, -0.05) is 48.0 Å². The van der Waals surface area contributed by atoms with Gasteiger partial charge < -0.3 is 30.5 Å². The van der Waals surface area contributed by atoms with Crippen LogP contribution in [0.5, 0.6) is 5.75 Å². The van der Waals surface area contributed by atoms with E-state index in [0.717, 1.165) is 47.4 Å². The Morgan fingerprint density at radius 3 is 2.71 bits per heavy atom. The molecule has 8 nitrogen and oxygen atoms in total. The molecule has 1 fully saturated rings. The van der Waals surface area contributed by atoms with Gasteiger partial charge >= 0.3 is 6.09 Å². The zero-order chi connectivity index (χ0) is 29.7. The molecule has 0 bridgehead atoms. The highest BCUT2D eigenvalue weighted by Gasteiger charge is 2.43. The second-order valence-electron chi connectivity index (χ2n) is 11.2. The largest absolute Gasteiger partial charge is 0.493 e. The fourth-order valence-corrected chi connectivity index (χ4v) is 6.60. The minimum absolute atomic E-state index is 0.0623. The van der Waals surface area contributed by atoms with Crippen LogP contribution in [-0.2, 0) is 18.6 Å². The number of ether oxygens (including phenoxy) is 1. The summed E-state index contributed by atoms with van der Waals surface area (Å²) in [4.78, 5) is 26.5. The molecule has 0 radical (unpaired) electrons. The van der Waals surface area contributed by atoms with E-state index in [1.807, 2.05) is 72.6 Å². The molecule has 0 aliphatic carbocycles. The van der Waals surface area contributed by atoms with E-state index < -0.39 is 11.7 Å². The zero-order valence-corrected chi connectivity index (χ0v) is 24.6. The van der Waals surface area contributed by atoms with Crippen molar-refractivity contribution in [3.8, 4) is 16.9 Å². The van der Waals surface area contributed by atoms with Crippen LogP contribution in [0, 0.1) is 5.92 Å². The fourth-order valence-electron chi connectivity index (χ4n) is 6.32. The van der Waals surface area contributed by atoms with Crippen LogP contribution < -0.4 is 15.4 Å². The average molecular weight is 592 g/mol. The average Bonchev–Trinajstić information content (AvgIpc) is 3.47. The number of fused-ring (bicyclic) bond motifs is 1. The number of benzene rings is 3. The molecule has 3 aromatic carbocycles.